The number of hydrogen-bond acceptors (Lipinski definition) is 3. The quantitative estimate of drug-likeness (QED) is 0.762. The van der Waals surface area contributed by atoms with Crippen LogP contribution in [0.5, 0.6) is 0 Å². The normalized spacial score (nSPS) is 23.6. The van der Waals surface area contributed by atoms with Crippen LogP contribution in [0.15, 0.2) is 0 Å². The minimum Gasteiger partial charge on any atom is -0.229 e. The fraction of sp³-hybridized carbons (Fsp3) is 1.00. The molecule has 0 aromatic rings. The largest absolute Gasteiger partial charge is 0.229 e. The molecule has 0 atom stereocenters. The Balaban J connectivity index is 2.57. The van der Waals surface area contributed by atoms with Crippen molar-refractivity contribution >= 4 is 22.5 Å². The predicted molar refractivity (Wildman–Crippen MR) is 63.6 cm³/mol. The van der Waals surface area contributed by atoms with E-state index in [1.165, 1.54) is 0 Å². The molecular weight excluding hydrogens is 216 g/mol. The Morgan fingerprint density at radius 1 is 1.29 bits per heavy atom. The Bertz CT molecular complexity index is 266. The van der Waals surface area contributed by atoms with Crippen LogP contribution in [-0.4, -0.2) is 25.7 Å². The average molecular weight is 236 g/mol. The SMILES string of the molecule is CC(C)(CCS)C1CCS(=O)(=O)CC1. The van der Waals surface area contributed by atoms with Crippen molar-refractivity contribution in [3.05, 3.63) is 0 Å². The number of rotatable bonds is 3. The van der Waals surface area contributed by atoms with E-state index in [2.05, 4.69) is 26.5 Å². The maximum absolute atomic E-state index is 11.3. The first kappa shape index (κ1) is 12.4. The first-order valence-corrected chi connectivity index (χ1v) is 7.64. The highest BCUT2D eigenvalue weighted by molar-refractivity contribution is 7.91. The van der Waals surface area contributed by atoms with Crippen molar-refractivity contribution < 1.29 is 8.42 Å². The van der Waals surface area contributed by atoms with Crippen molar-refractivity contribution in [1.29, 1.82) is 0 Å². The summed E-state index contributed by atoms with van der Waals surface area (Å²) in [5.74, 6) is 2.20. The van der Waals surface area contributed by atoms with Crippen molar-refractivity contribution in [2.45, 2.75) is 33.1 Å². The van der Waals surface area contributed by atoms with Crippen molar-refractivity contribution in [1.82, 2.24) is 0 Å². The molecule has 1 aliphatic heterocycles. The molecule has 0 radical (unpaired) electrons. The third kappa shape index (κ3) is 3.16. The Morgan fingerprint density at radius 3 is 2.21 bits per heavy atom. The summed E-state index contributed by atoms with van der Waals surface area (Å²) in [7, 11) is -2.71. The summed E-state index contributed by atoms with van der Waals surface area (Å²) in [5, 5.41) is 0. The Kier molecular flexibility index (Phi) is 3.92. The molecule has 1 rings (SSSR count). The summed E-state index contributed by atoms with van der Waals surface area (Å²) >= 11 is 4.25. The highest BCUT2D eigenvalue weighted by Crippen LogP contribution is 2.38. The summed E-state index contributed by atoms with van der Waals surface area (Å²) in [6.45, 7) is 4.46. The minimum absolute atomic E-state index is 0.248. The number of hydrogen-bond donors (Lipinski definition) is 1. The van der Waals surface area contributed by atoms with E-state index in [0.29, 0.717) is 17.4 Å². The van der Waals surface area contributed by atoms with Gasteiger partial charge in [-0.05, 0) is 36.3 Å². The first-order chi connectivity index (χ1) is 6.37. The van der Waals surface area contributed by atoms with E-state index < -0.39 is 9.84 Å². The molecule has 0 saturated carbocycles. The van der Waals surface area contributed by atoms with Crippen LogP contribution in [0.3, 0.4) is 0 Å². The van der Waals surface area contributed by atoms with Gasteiger partial charge in [0.2, 0.25) is 0 Å². The lowest BCUT2D eigenvalue weighted by atomic mass is 9.74. The van der Waals surface area contributed by atoms with E-state index in [9.17, 15) is 8.42 Å². The molecule has 0 aromatic carbocycles. The minimum atomic E-state index is -2.71. The Morgan fingerprint density at radius 2 is 1.79 bits per heavy atom. The summed E-state index contributed by atoms with van der Waals surface area (Å²) in [4.78, 5) is 0. The van der Waals surface area contributed by atoms with Gasteiger partial charge in [0.15, 0.2) is 0 Å². The summed E-state index contributed by atoms with van der Waals surface area (Å²) in [6, 6.07) is 0. The molecule has 2 nitrogen and oxygen atoms in total. The molecule has 0 aliphatic carbocycles. The fourth-order valence-corrected chi connectivity index (χ4v) is 4.23. The van der Waals surface area contributed by atoms with Crippen LogP contribution in [0.2, 0.25) is 0 Å². The lowest BCUT2D eigenvalue weighted by Gasteiger charge is -2.36. The molecular formula is C10H20O2S2. The van der Waals surface area contributed by atoms with Crippen LogP contribution >= 0.6 is 12.6 Å². The molecule has 4 heteroatoms. The second kappa shape index (κ2) is 4.44. The van der Waals surface area contributed by atoms with Gasteiger partial charge in [0.25, 0.3) is 0 Å². The first-order valence-electron chi connectivity index (χ1n) is 5.19. The van der Waals surface area contributed by atoms with E-state index in [4.69, 9.17) is 0 Å². The van der Waals surface area contributed by atoms with Crippen LogP contribution < -0.4 is 0 Å². The van der Waals surface area contributed by atoms with E-state index >= 15 is 0 Å². The molecule has 1 fully saturated rings. The van der Waals surface area contributed by atoms with Gasteiger partial charge >= 0.3 is 0 Å². The van der Waals surface area contributed by atoms with Crippen molar-refractivity contribution in [3.63, 3.8) is 0 Å². The zero-order valence-corrected chi connectivity index (χ0v) is 10.7. The Hall–Kier alpha value is 0.300. The summed E-state index contributed by atoms with van der Waals surface area (Å²) < 4.78 is 22.5. The molecule has 0 amide bonds. The molecule has 84 valence electrons. The molecule has 0 bridgehead atoms. The molecule has 0 spiro atoms. The monoisotopic (exact) mass is 236 g/mol. The van der Waals surface area contributed by atoms with E-state index in [0.717, 1.165) is 25.0 Å². The maximum atomic E-state index is 11.3. The van der Waals surface area contributed by atoms with Gasteiger partial charge in [-0.25, -0.2) is 8.42 Å². The van der Waals surface area contributed by atoms with Crippen LogP contribution in [0, 0.1) is 11.3 Å². The maximum Gasteiger partial charge on any atom is 0.150 e. The van der Waals surface area contributed by atoms with Gasteiger partial charge in [-0.1, -0.05) is 13.8 Å². The number of sulfone groups is 1. The molecule has 1 saturated heterocycles. The highest BCUT2D eigenvalue weighted by Gasteiger charge is 2.33. The highest BCUT2D eigenvalue weighted by atomic mass is 32.2. The zero-order chi connectivity index (χ0) is 10.8. The zero-order valence-electron chi connectivity index (χ0n) is 8.99. The molecule has 0 unspecified atom stereocenters. The summed E-state index contributed by atoms with van der Waals surface area (Å²) in [5.41, 5.74) is 0.248. The van der Waals surface area contributed by atoms with Crippen molar-refractivity contribution in [2.24, 2.45) is 11.3 Å². The van der Waals surface area contributed by atoms with Gasteiger partial charge < -0.3 is 0 Å². The second-order valence-corrected chi connectivity index (χ2v) is 7.64. The predicted octanol–water partition coefficient (Wildman–Crippen LogP) is 2.16. The van der Waals surface area contributed by atoms with Gasteiger partial charge in [-0.2, -0.15) is 12.6 Å². The lowest BCUT2D eigenvalue weighted by molar-refractivity contribution is 0.190. The van der Waals surface area contributed by atoms with Crippen LogP contribution in [0.1, 0.15) is 33.1 Å². The van der Waals surface area contributed by atoms with E-state index in [1.54, 1.807) is 0 Å². The van der Waals surface area contributed by atoms with Crippen molar-refractivity contribution in [3.8, 4) is 0 Å². The fourth-order valence-electron chi connectivity index (χ4n) is 2.16. The molecule has 0 aromatic heterocycles. The van der Waals surface area contributed by atoms with E-state index in [1.807, 2.05) is 0 Å². The van der Waals surface area contributed by atoms with E-state index in [-0.39, 0.29) is 5.41 Å². The van der Waals surface area contributed by atoms with Crippen LogP contribution in [0.4, 0.5) is 0 Å². The average Bonchev–Trinajstić information content (AvgIpc) is 2.03. The third-order valence-electron chi connectivity index (χ3n) is 3.42. The summed E-state index contributed by atoms with van der Waals surface area (Å²) in [6.07, 6.45) is 2.74. The lowest BCUT2D eigenvalue weighted by Crippen LogP contribution is -2.33. The third-order valence-corrected chi connectivity index (χ3v) is 5.35. The Labute approximate surface area is 92.8 Å². The van der Waals surface area contributed by atoms with Gasteiger partial charge in [0.1, 0.15) is 9.84 Å². The molecule has 14 heavy (non-hydrogen) atoms. The van der Waals surface area contributed by atoms with Crippen LogP contribution in [-0.2, 0) is 9.84 Å². The van der Waals surface area contributed by atoms with Gasteiger partial charge in [0, 0.05) is 0 Å². The standard InChI is InChI=1S/C10H20O2S2/c1-10(2,5-6-13)9-3-7-14(11,12)8-4-9/h9,13H,3-8H2,1-2H3. The second-order valence-electron chi connectivity index (χ2n) is 4.89. The van der Waals surface area contributed by atoms with Gasteiger partial charge in [0.05, 0.1) is 11.5 Å². The van der Waals surface area contributed by atoms with Gasteiger partial charge in [-0.3, -0.25) is 0 Å². The molecule has 0 N–H and O–H groups in total. The molecule has 1 aliphatic rings. The number of thiol groups is 1. The van der Waals surface area contributed by atoms with Crippen molar-refractivity contribution in [2.75, 3.05) is 17.3 Å². The smallest absolute Gasteiger partial charge is 0.150 e. The van der Waals surface area contributed by atoms with Crippen LogP contribution in [0.25, 0.3) is 0 Å². The molecule has 1 heterocycles. The topological polar surface area (TPSA) is 34.1 Å². The van der Waals surface area contributed by atoms with Gasteiger partial charge in [-0.15, -0.1) is 0 Å².